The van der Waals surface area contributed by atoms with Crippen LogP contribution in [-0.2, 0) is 0 Å². The minimum absolute atomic E-state index is 0.769. The van der Waals surface area contributed by atoms with E-state index < -0.39 is 0 Å². The van der Waals surface area contributed by atoms with Gasteiger partial charge in [-0.3, -0.25) is 9.97 Å². The predicted octanol–water partition coefficient (Wildman–Crippen LogP) is 10.8. The van der Waals surface area contributed by atoms with E-state index in [4.69, 9.17) is 8.83 Å². The molecule has 6 heteroatoms. The molecule has 5 aromatic carbocycles. The molecule has 0 aliphatic heterocycles. The Balaban J connectivity index is 1.22. The summed E-state index contributed by atoms with van der Waals surface area (Å²) < 4.78 is 14.8. The van der Waals surface area contributed by atoms with Gasteiger partial charge in [0.2, 0.25) is 0 Å². The Bertz CT molecular complexity index is 2730. The number of benzene rings is 5. The molecule has 0 unspecified atom stereocenters. The minimum atomic E-state index is 0.769. The lowest BCUT2D eigenvalue weighted by Gasteiger charge is -2.26. The highest BCUT2D eigenvalue weighted by atomic mass is 16.3. The van der Waals surface area contributed by atoms with Gasteiger partial charge in [-0.05, 0) is 84.9 Å². The van der Waals surface area contributed by atoms with Gasteiger partial charge >= 0.3 is 0 Å². The average Bonchev–Trinajstić information content (AvgIpc) is 3.78. The number of nitrogens with zero attached hydrogens (tertiary/aromatic N) is 4. The number of aromatic nitrogens is 3. The van der Waals surface area contributed by atoms with Gasteiger partial charge in [0.05, 0.1) is 11.0 Å². The van der Waals surface area contributed by atoms with Gasteiger partial charge in [0.1, 0.15) is 22.2 Å². The monoisotopic (exact) mass is 592 g/mol. The first kappa shape index (κ1) is 25.0. The van der Waals surface area contributed by atoms with E-state index in [1.54, 1.807) is 12.4 Å². The highest BCUT2D eigenvalue weighted by Gasteiger charge is 2.19. The van der Waals surface area contributed by atoms with Crippen LogP contribution in [0.4, 0.5) is 17.1 Å². The number of rotatable bonds is 4. The molecule has 0 atom stereocenters. The molecule has 0 aliphatic rings. The summed E-state index contributed by atoms with van der Waals surface area (Å²) in [6, 6.07) is 46.2. The topological polar surface area (TPSA) is 60.2 Å². The molecule has 10 rings (SSSR count). The van der Waals surface area contributed by atoms with Gasteiger partial charge in [0.25, 0.3) is 0 Å². The molecule has 0 aliphatic carbocycles. The molecule has 0 spiro atoms. The molecule has 10 aromatic rings. The highest BCUT2D eigenvalue weighted by molar-refractivity contribution is 6.09. The van der Waals surface area contributed by atoms with Crippen molar-refractivity contribution in [3.63, 3.8) is 0 Å². The van der Waals surface area contributed by atoms with Crippen molar-refractivity contribution in [2.24, 2.45) is 0 Å². The second kappa shape index (κ2) is 9.55. The zero-order valence-corrected chi connectivity index (χ0v) is 24.5. The first-order chi connectivity index (χ1) is 22.8. The maximum absolute atomic E-state index is 6.29. The van der Waals surface area contributed by atoms with Crippen LogP contribution < -0.4 is 4.90 Å². The minimum Gasteiger partial charge on any atom is -0.454 e. The smallest absolute Gasteiger partial charge is 0.153 e. The quantitative estimate of drug-likeness (QED) is 0.203. The van der Waals surface area contributed by atoms with Gasteiger partial charge < -0.3 is 18.3 Å². The van der Waals surface area contributed by atoms with Crippen molar-refractivity contribution in [2.75, 3.05) is 4.90 Å². The lowest BCUT2D eigenvalue weighted by molar-refractivity contribution is 0.667. The van der Waals surface area contributed by atoms with Crippen molar-refractivity contribution in [3.8, 4) is 5.69 Å². The number of hydrogen-bond donors (Lipinski definition) is 0. The third-order valence-corrected chi connectivity index (χ3v) is 8.86. The van der Waals surface area contributed by atoms with Crippen LogP contribution in [0, 0.1) is 0 Å². The normalized spacial score (nSPS) is 11.9. The maximum atomic E-state index is 6.29. The third kappa shape index (κ3) is 3.64. The van der Waals surface area contributed by atoms with Crippen LogP contribution in [0.2, 0.25) is 0 Å². The Kier molecular flexibility index (Phi) is 5.19. The van der Waals surface area contributed by atoms with E-state index in [-0.39, 0.29) is 0 Å². The van der Waals surface area contributed by atoms with Crippen LogP contribution in [0.3, 0.4) is 0 Å². The van der Waals surface area contributed by atoms with E-state index in [1.165, 1.54) is 21.8 Å². The van der Waals surface area contributed by atoms with Gasteiger partial charge in [-0.1, -0.05) is 42.5 Å². The third-order valence-electron chi connectivity index (χ3n) is 8.86. The lowest BCUT2D eigenvalue weighted by atomic mass is 10.1. The van der Waals surface area contributed by atoms with Crippen molar-refractivity contribution in [1.82, 2.24) is 14.5 Å². The van der Waals surface area contributed by atoms with Crippen LogP contribution in [-0.4, -0.2) is 14.5 Å². The van der Waals surface area contributed by atoms with Crippen molar-refractivity contribution in [3.05, 3.63) is 146 Å². The fourth-order valence-corrected chi connectivity index (χ4v) is 6.87. The van der Waals surface area contributed by atoms with Crippen LogP contribution in [0.25, 0.3) is 71.6 Å². The second-order valence-electron chi connectivity index (χ2n) is 11.5. The summed E-state index contributed by atoms with van der Waals surface area (Å²) in [5.41, 5.74) is 11.2. The van der Waals surface area contributed by atoms with Crippen LogP contribution >= 0.6 is 0 Å². The van der Waals surface area contributed by atoms with Crippen LogP contribution in [0.15, 0.2) is 155 Å². The first-order valence-electron chi connectivity index (χ1n) is 15.2. The molecular weight excluding hydrogens is 568 g/mol. The van der Waals surface area contributed by atoms with E-state index in [1.807, 2.05) is 30.3 Å². The molecule has 0 fully saturated rings. The van der Waals surface area contributed by atoms with E-state index in [0.717, 1.165) is 66.9 Å². The van der Waals surface area contributed by atoms with Crippen LogP contribution in [0.5, 0.6) is 0 Å². The zero-order valence-electron chi connectivity index (χ0n) is 24.5. The van der Waals surface area contributed by atoms with Gasteiger partial charge in [0, 0.05) is 62.8 Å². The summed E-state index contributed by atoms with van der Waals surface area (Å²) in [5.74, 6) is 0. The second-order valence-corrected chi connectivity index (χ2v) is 11.5. The van der Waals surface area contributed by atoms with Crippen molar-refractivity contribution < 1.29 is 8.83 Å². The standard InChI is InChI=1S/C40H24N4O2/c1-3-12-33-29(10-1)30-11-2-4-13-34(30)44(33)26-9-5-8-25(22-26)43(27-17-19-35-32(23-27)40-37(45-35)15-7-21-42-40)28-16-18-31-38(24-28)46-36-14-6-20-41-39(31)36/h1-24H. The number of furan rings is 2. The Morgan fingerprint density at radius 2 is 1.07 bits per heavy atom. The molecule has 5 heterocycles. The van der Waals surface area contributed by atoms with E-state index >= 15 is 0 Å². The molecule has 0 bridgehead atoms. The molecule has 0 saturated carbocycles. The molecule has 6 nitrogen and oxygen atoms in total. The summed E-state index contributed by atoms with van der Waals surface area (Å²) in [6.45, 7) is 0. The molecule has 216 valence electrons. The number of pyridine rings is 2. The van der Waals surface area contributed by atoms with E-state index in [0.29, 0.717) is 0 Å². The molecule has 5 aromatic heterocycles. The Morgan fingerprint density at radius 3 is 1.83 bits per heavy atom. The van der Waals surface area contributed by atoms with Crippen LogP contribution in [0.1, 0.15) is 0 Å². The SMILES string of the molecule is c1cc(N(c2ccc3c(c2)oc2cccnc23)c2ccc3oc4cccnc4c3c2)cc(-n2c3ccccc3c3ccccc32)c1. The van der Waals surface area contributed by atoms with Gasteiger partial charge in [-0.25, -0.2) is 0 Å². The maximum Gasteiger partial charge on any atom is 0.153 e. The molecule has 0 radical (unpaired) electrons. The number of fused-ring (bicyclic) bond motifs is 9. The Morgan fingerprint density at radius 1 is 0.435 bits per heavy atom. The molecule has 0 saturated heterocycles. The van der Waals surface area contributed by atoms with Crippen molar-refractivity contribution >= 4 is 83.0 Å². The average molecular weight is 593 g/mol. The summed E-state index contributed by atoms with van der Waals surface area (Å²) >= 11 is 0. The molecule has 0 N–H and O–H groups in total. The predicted molar refractivity (Wildman–Crippen MR) is 186 cm³/mol. The summed E-state index contributed by atoms with van der Waals surface area (Å²) in [6.07, 6.45) is 3.61. The fraction of sp³-hybridized carbons (Fsp3) is 0. The lowest BCUT2D eigenvalue weighted by Crippen LogP contribution is -2.10. The van der Waals surface area contributed by atoms with Crippen molar-refractivity contribution in [2.45, 2.75) is 0 Å². The Labute approximate surface area is 262 Å². The summed E-state index contributed by atoms with van der Waals surface area (Å²) in [5, 5.41) is 4.41. The zero-order chi connectivity index (χ0) is 30.2. The number of para-hydroxylation sites is 2. The molecule has 0 amide bonds. The molecular formula is C40H24N4O2. The first-order valence-corrected chi connectivity index (χ1v) is 15.2. The number of anilines is 3. The molecule has 46 heavy (non-hydrogen) atoms. The van der Waals surface area contributed by atoms with Gasteiger partial charge in [0.15, 0.2) is 11.2 Å². The largest absolute Gasteiger partial charge is 0.454 e. The van der Waals surface area contributed by atoms with E-state index in [2.05, 4.69) is 123 Å². The van der Waals surface area contributed by atoms with Crippen molar-refractivity contribution in [1.29, 1.82) is 0 Å². The number of hydrogen-bond acceptors (Lipinski definition) is 5. The fourth-order valence-electron chi connectivity index (χ4n) is 6.87. The highest BCUT2D eigenvalue weighted by Crippen LogP contribution is 2.41. The van der Waals surface area contributed by atoms with Gasteiger partial charge in [-0.2, -0.15) is 0 Å². The van der Waals surface area contributed by atoms with E-state index in [9.17, 15) is 0 Å². The summed E-state index contributed by atoms with van der Waals surface area (Å²) in [4.78, 5) is 11.5. The van der Waals surface area contributed by atoms with Gasteiger partial charge in [-0.15, -0.1) is 0 Å². The summed E-state index contributed by atoms with van der Waals surface area (Å²) in [7, 11) is 0. The Hall–Kier alpha value is -6.40.